The fraction of sp³-hybridized carbons (Fsp3) is 0.727. The molecule has 7 heteroatoms. The molecule has 0 saturated heterocycles. The SMILES string of the molecule is CCC(C)C(C)NC(=O)N(CC(N)=O)CC(=O)O. The van der Waals surface area contributed by atoms with Gasteiger partial charge in [0.2, 0.25) is 5.91 Å². The van der Waals surface area contributed by atoms with Gasteiger partial charge in [0.05, 0.1) is 0 Å². The number of nitrogens with one attached hydrogen (secondary N) is 1. The van der Waals surface area contributed by atoms with Crippen LogP contribution in [0.3, 0.4) is 0 Å². The van der Waals surface area contributed by atoms with E-state index in [0.717, 1.165) is 11.3 Å². The molecule has 0 radical (unpaired) electrons. The van der Waals surface area contributed by atoms with Crippen molar-refractivity contribution in [3.63, 3.8) is 0 Å². The highest BCUT2D eigenvalue weighted by atomic mass is 16.4. The maximum atomic E-state index is 11.8. The van der Waals surface area contributed by atoms with Gasteiger partial charge in [0.15, 0.2) is 0 Å². The molecule has 0 rings (SSSR count). The number of urea groups is 1. The van der Waals surface area contributed by atoms with Crippen LogP contribution >= 0.6 is 0 Å². The first kappa shape index (κ1) is 16.2. The van der Waals surface area contributed by atoms with Crippen molar-refractivity contribution in [2.45, 2.75) is 33.2 Å². The number of hydrogen-bond acceptors (Lipinski definition) is 3. The van der Waals surface area contributed by atoms with Crippen LogP contribution in [0.2, 0.25) is 0 Å². The summed E-state index contributed by atoms with van der Waals surface area (Å²) in [4.78, 5) is 34.0. The van der Waals surface area contributed by atoms with Gasteiger partial charge in [-0.05, 0) is 12.8 Å². The van der Waals surface area contributed by atoms with Crippen molar-refractivity contribution in [2.24, 2.45) is 11.7 Å². The Bertz CT molecular complexity index is 303. The molecule has 4 N–H and O–H groups in total. The van der Waals surface area contributed by atoms with Crippen LogP contribution in [0.15, 0.2) is 0 Å². The zero-order valence-electron chi connectivity index (χ0n) is 11.0. The average molecular weight is 259 g/mol. The van der Waals surface area contributed by atoms with Crippen molar-refractivity contribution in [1.82, 2.24) is 10.2 Å². The second-order valence-electron chi connectivity index (χ2n) is 4.34. The minimum atomic E-state index is -1.19. The number of carboxylic acid groups (broad SMARTS) is 1. The molecule has 0 fully saturated rings. The molecule has 0 aromatic carbocycles. The summed E-state index contributed by atoms with van der Waals surface area (Å²) in [7, 11) is 0. The monoisotopic (exact) mass is 259 g/mol. The minimum absolute atomic E-state index is 0.105. The second-order valence-corrected chi connectivity index (χ2v) is 4.34. The van der Waals surface area contributed by atoms with E-state index in [1.165, 1.54) is 0 Å². The molecule has 0 aliphatic heterocycles. The van der Waals surface area contributed by atoms with E-state index in [1.807, 2.05) is 20.8 Å². The van der Waals surface area contributed by atoms with Crippen molar-refractivity contribution < 1.29 is 19.5 Å². The van der Waals surface area contributed by atoms with Gasteiger partial charge in [-0.2, -0.15) is 0 Å². The highest BCUT2D eigenvalue weighted by molar-refractivity contribution is 5.86. The van der Waals surface area contributed by atoms with Gasteiger partial charge >= 0.3 is 12.0 Å². The van der Waals surface area contributed by atoms with Gasteiger partial charge in [0, 0.05) is 6.04 Å². The predicted octanol–water partition coefficient (Wildman–Crippen LogP) is 0.00250. The Labute approximate surface area is 106 Å². The molecule has 0 aliphatic rings. The Morgan fingerprint density at radius 1 is 1.28 bits per heavy atom. The van der Waals surface area contributed by atoms with E-state index >= 15 is 0 Å². The second kappa shape index (κ2) is 7.52. The molecule has 104 valence electrons. The summed E-state index contributed by atoms with van der Waals surface area (Å²) >= 11 is 0. The number of primary amides is 1. The molecule has 2 unspecified atom stereocenters. The normalized spacial score (nSPS) is 13.5. The Morgan fingerprint density at radius 2 is 1.83 bits per heavy atom. The van der Waals surface area contributed by atoms with E-state index in [2.05, 4.69) is 5.32 Å². The van der Waals surface area contributed by atoms with Crippen LogP contribution in [0.25, 0.3) is 0 Å². The summed E-state index contributed by atoms with van der Waals surface area (Å²) in [5.74, 6) is -1.68. The number of carbonyl (C=O) groups is 3. The number of aliphatic carboxylic acids is 1. The molecule has 3 amide bonds. The number of nitrogens with two attached hydrogens (primary N) is 1. The number of hydrogen-bond donors (Lipinski definition) is 3. The third-order valence-electron chi connectivity index (χ3n) is 2.81. The van der Waals surface area contributed by atoms with Crippen molar-refractivity contribution in [1.29, 1.82) is 0 Å². The quantitative estimate of drug-likeness (QED) is 0.597. The van der Waals surface area contributed by atoms with Crippen LogP contribution < -0.4 is 11.1 Å². The fourth-order valence-corrected chi connectivity index (χ4v) is 1.33. The van der Waals surface area contributed by atoms with Gasteiger partial charge in [0.25, 0.3) is 0 Å². The predicted molar refractivity (Wildman–Crippen MR) is 65.9 cm³/mol. The molecule has 0 bridgehead atoms. The van der Waals surface area contributed by atoms with Crippen molar-refractivity contribution in [3.8, 4) is 0 Å². The number of carboxylic acids is 1. The van der Waals surface area contributed by atoms with Gasteiger partial charge in [-0.3, -0.25) is 9.59 Å². The van der Waals surface area contributed by atoms with Crippen molar-refractivity contribution in [3.05, 3.63) is 0 Å². The lowest BCUT2D eigenvalue weighted by Crippen LogP contribution is -2.50. The number of nitrogens with zero attached hydrogens (tertiary/aromatic N) is 1. The first-order chi connectivity index (χ1) is 8.27. The van der Waals surface area contributed by atoms with Crippen LogP contribution in [0, 0.1) is 5.92 Å². The summed E-state index contributed by atoms with van der Waals surface area (Å²) in [6.45, 7) is 4.83. The summed E-state index contributed by atoms with van der Waals surface area (Å²) in [6.07, 6.45) is 0.885. The summed E-state index contributed by atoms with van der Waals surface area (Å²) in [6, 6.07) is -0.698. The van der Waals surface area contributed by atoms with Crippen LogP contribution in [0.1, 0.15) is 27.2 Å². The summed E-state index contributed by atoms with van der Waals surface area (Å²) in [5.41, 5.74) is 4.97. The Morgan fingerprint density at radius 3 is 2.22 bits per heavy atom. The smallest absolute Gasteiger partial charge is 0.323 e. The Kier molecular flexibility index (Phi) is 6.77. The molecule has 0 saturated carbocycles. The van der Waals surface area contributed by atoms with Crippen LogP contribution in [-0.4, -0.2) is 47.0 Å². The van der Waals surface area contributed by atoms with E-state index < -0.39 is 31.0 Å². The molecule has 0 heterocycles. The minimum Gasteiger partial charge on any atom is -0.480 e. The lowest BCUT2D eigenvalue weighted by Gasteiger charge is -2.25. The number of amides is 3. The third-order valence-corrected chi connectivity index (χ3v) is 2.81. The van der Waals surface area contributed by atoms with E-state index in [1.54, 1.807) is 0 Å². The van der Waals surface area contributed by atoms with Crippen molar-refractivity contribution >= 4 is 17.9 Å². The number of carbonyl (C=O) groups excluding carboxylic acids is 2. The first-order valence-corrected chi connectivity index (χ1v) is 5.83. The molecule has 0 aromatic rings. The molecular formula is C11H21N3O4. The van der Waals surface area contributed by atoms with Crippen LogP contribution in [-0.2, 0) is 9.59 Å². The van der Waals surface area contributed by atoms with E-state index in [-0.39, 0.29) is 12.0 Å². The molecule has 18 heavy (non-hydrogen) atoms. The largest absolute Gasteiger partial charge is 0.480 e. The maximum absolute atomic E-state index is 11.8. The van der Waals surface area contributed by atoms with E-state index in [4.69, 9.17) is 10.8 Å². The fourth-order valence-electron chi connectivity index (χ4n) is 1.33. The summed E-state index contributed by atoms with van der Waals surface area (Å²) < 4.78 is 0. The highest BCUT2D eigenvalue weighted by Crippen LogP contribution is 2.07. The molecule has 2 atom stereocenters. The van der Waals surface area contributed by atoms with Gasteiger partial charge < -0.3 is 21.1 Å². The van der Waals surface area contributed by atoms with Crippen molar-refractivity contribution in [2.75, 3.05) is 13.1 Å². The Hall–Kier alpha value is -1.79. The third kappa shape index (κ3) is 6.07. The van der Waals surface area contributed by atoms with Gasteiger partial charge in [0.1, 0.15) is 13.1 Å². The summed E-state index contributed by atoms with van der Waals surface area (Å²) in [5, 5.41) is 11.3. The standard InChI is InChI=1S/C11H21N3O4/c1-4-7(2)8(3)13-11(18)14(5-9(12)15)6-10(16)17/h7-8H,4-6H2,1-3H3,(H2,12,15)(H,13,18)(H,16,17). The molecular weight excluding hydrogens is 238 g/mol. The lowest BCUT2D eigenvalue weighted by molar-refractivity contribution is -0.137. The van der Waals surface area contributed by atoms with Crippen LogP contribution in [0.5, 0.6) is 0 Å². The molecule has 0 aromatic heterocycles. The van der Waals surface area contributed by atoms with E-state index in [9.17, 15) is 14.4 Å². The Balaban J connectivity index is 4.54. The van der Waals surface area contributed by atoms with E-state index in [0.29, 0.717) is 0 Å². The topological polar surface area (TPSA) is 113 Å². The zero-order chi connectivity index (χ0) is 14.3. The first-order valence-electron chi connectivity index (χ1n) is 5.83. The van der Waals surface area contributed by atoms with Crippen LogP contribution in [0.4, 0.5) is 4.79 Å². The maximum Gasteiger partial charge on any atom is 0.323 e. The molecule has 7 nitrogen and oxygen atoms in total. The molecule has 0 spiro atoms. The zero-order valence-corrected chi connectivity index (χ0v) is 11.0. The van der Waals surface area contributed by atoms with Gasteiger partial charge in [-0.15, -0.1) is 0 Å². The molecule has 0 aliphatic carbocycles. The van der Waals surface area contributed by atoms with Gasteiger partial charge in [-0.25, -0.2) is 4.79 Å². The lowest BCUT2D eigenvalue weighted by atomic mass is 10.0. The highest BCUT2D eigenvalue weighted by Gasteiger charge is 2.21. The number of rotatable bonds is 7. The average Bonchev–Trinajstić information content (AvgIpc) is 2.25. The van der Waals surface area contributed by atoms with Gasteiger partial charge in [-0.1, -0.05) is 20.3 Å².